The Morgan fingerprint density at radius 3 is 2.44 bits per heavy atom. The lowest BCUT2D eigenvalue weighted by molar-refractivity contribution is -0.123. The van der Waals surface area contributed by atoms with Gasteiger partial charge in [0.15, 0.2) is 0 Å². The highest BCUT2D eigenvalue weighted by Crippen LogP contribution is 2.11. The van der Waals surface area contributed by atoms with Gasteiger partial charge in [-0.25, -0.2) is 4.39 Å². The molecule has 100 valence electrons. The number of benzene rings is 1. The van der Waals surface area contributed by atoms with Gasteiger partial charge in [-0.05, 0) is 18.1 Å². The van der Waals surface area contributed by atoms with E-state index in [9.17, 15) is 19.4 Å². The molecule has 0 saturated carbocycles. The van der Waals surface area contributed by atoms with E-state index in [0.717, 1.165) is 0 Å². The molecule has 0 atom stereocenters. The van der Waals surface area contributed by atoms with Gasteiger partial charge in [0.25, 0.3) is 0 Å². The number of aliphatic hydroxyl groups is 2. The van der Waals surface area contributed by atoms with Crippen molar-refractivity contribution >= 4 is 5.91 Å². The lowest BCUT2D eigenvalue weighted by atomic mass is 9.98. The highest BCUT2D eigenvalue weighted by Gasteiger charge is 2.28. The lowest BCUT2D eigenvalue weighted by Crippen LogP contribution is -2.54. The van der Waals surface area contributed by atoms with E-state index in [-0.39, 0.29) is 25.2 Å². The molecule has 0 bridgehead atoms. The average Bonchev–Trinajstić information content (AvgIpc) is 2.39. The summed E-state index contributed by atoms with van der Waals surface area (Å²) in [7, 11) is 0. The van der Waals surface area contributed by atoms with Crippen LogP contribution in [0.25, 0.3) is 0 Å². The number of nitrogens with one attached hydrogen (secondary N) is 1. The maximum absolute atomic E-state index is 13.3. The Balaban J connectivity index is 2.70. The zero-order chi connectivity index (χ0) is 13.6. The number of aliphatic hydroxyl groups excluding tert-OH is 2. The van der Waals surface area contributed by atoms with Gasteiger partial charge in [-0.3, -0.25) is 4.79 Å². The Morgan fingerprint density at radius 2 is 1.94 bits per heavy atom. The number of halogens is 1. The van der Waals surface area contributed by atoms with Gasteiger partial charge in [-0.1, -0.05) is 25.1 Å². The van der Waals surface area contributed by atoms with Gasteiger partial charge in [0.1, 0.15) is 5.82 Å². The predicted octanol–water partition coefficient (Wildman–Crippen LogP) is 0.618. The molecular formula is C13H18FNO3. The van der Waals surface area contributed by atoms with Crippen LogP contribution in [0.1, 0.15) is 18.9 Å². The fourth-order valence-corrected chi connectivity index (χ4v) is 1.60. The normalized spacial score (nSPS) is 11.3. The van der Waals surface area contributed by atoms with Crippen molar-refractivity contribution in [1.29, 1.82) is 0 Å². The van der Waals surface area contributed by atoms with Crippen LogP contribution < -0.4 is 5.32 Å². The fourth-order valence-electron chi connectivity index (χ4n) is 1.60. The summed E-state index contributed by atoms with van der Waals surface area (Å²) in [6.45, 7) is 1.03. The summed E-state index contributed by atoms with van der Waals surface area (Å²) in [5, 5.41) is 20.9. The van der Waals surface area contributed by atoms with Crippen LogP contribution in [0, 0.1) is 5.82 Å². The zero-order valence-electron chi connectivity index (χ0n) is 10.3. The van der Waals surface area contributed by atoms with Crippen LogP contribution in [0.15, 0.2) is 24.3 Å². The molecule has 0 spiro atoms. The van der Waals surface area contributed by atoms with E-state index in [2.05, 4.69) is 5.32 Å². The lowest BCUT2D eigenvalue weighted by Gasteiger charge is -2.29. The molecule has 1 rings (SSSR count). The van der Waals surface area contributed by atoms with E-state index >= 15 is 0 Å². The summed E-state index contributed by atoms with van der Waals surface area (Å²) in [4.78, 5) is 11.8. The highest BCUT2D eigenvalue weighted by molar-refractivity contribution is 5.79. The van der Waals surface area contributed by atoms with Crippen molar-refractivity contribution in [3.63, 3.8) is 0 Å². The Kier molecular flexibility index (Phi) is 5.25. The van der Waals surface area contributed by atoms with Crippen LogP contribution in [0.5, 0.6) is 0 Å². The first-order valence-electron chi connectivity index (χ1n) is 5.83. The molecular weight excluding hydrogens is 237 g/mol. The van der Waals surface area contributed by atoms with Gasteiger partial charge in [-0.2, -0.15) is 0 Å². The summed E-state index contributed by atoms with van der Waals surface area (Å²) in [5.74, 6) is -0.868. The summed E-state index contributed by atoms with van der Waals surface area (Å²) < 4.78 is 13.3. The van der Waals surface area contributed by atoms with Gasteiger partial charge in [0.05, 0.1) is 25.2 Å². The summed E-state index contributed by atoms with van der Waals surface area (Å²) in [6, 6.07) is 6.01. The van der Waals surface area contributed by atoms with Crippen LogP contribution in [0.3, 0.4) is 0 Å². The topological polar surface area (TPSA) is 69.6 Å². The number of carbonyl (C=O) groups is 1. The minimum atomic E-state index is -1.04. The molecule has 1 amide bonds. The highest BCUT2D eigenvalue weighted by atomic mass is 19.1. The van der Waals surface area contributed by atoms with Gasteiger partial charge in [0, 0.05) is 0 Å². The third-order valence-corrected chi connectivity index (χ3v) is 3.00. The largest absolute Gasteiger partial charge is 0.394 e. The maximum atomic E-state index is 13.3. The van der Waals surface area contributed by atoms with E-state index in [1.54, 1.807) is 19.1 Å². The smallest absolute Gasteiger partial charge is 0.225 e. The molecule has 0 aliphatic rings. The maximum Gasteiger partial charge on any atom is 0.225 e. The second-order valence-electron chi connectivity index (χ2n) is 4.27. The first-order valence-corrected chi connectivity index (χ1v) is 5.83. The number of carbonyl (C=O) groups excluding carboxylic acids is 1. The van der Waals surface area contributed by atoms with Crippen LogP contribution in [0.4, 0.5) is 4.39 Å². The third kappa shape index (κ3) is 3.51. The number of amides is 1. The molecule has 1 aromatic rings. The monoisotopic (exact) mass is 255 g/mol. The molecule has 0 radical (unpaired) electrons. The number of rotatable bonds is 6. The Morgan fingerprint density at radius 1 is 1.33 bits per heavy atom. The molecule has 0 aliphatic carbocycles. The van der Waals surface area contributed by atoms with Gasteiger partial charge >= 0.3 is 0 Å². The first-order chi connectivity index (χ1) is 8.56. The van der Waals surface area contributed by atoms with Crippen molar-refractivity contribution in [2.45, 2.75) is 25.3 Å². The quantitative estimate of drug-likeness (QED) is 0.698. The second kappa shape index (κ2) is 6.47. The summed E-state index contributed by atoms with van der Waals surface area (Å²) >= 11 is 0. The molecule has 0 fully saturated rings. The van der Waals surface area contributed by atoms with Gasteiger partial charge in [0.2, 0.25) is 5.91 Å². The third-order valence-electron chi connectivity index (χ3n) is 3.00. The summed E-state index contributed by atoms with van der Waals surface area (Å²) in [6.07, 6.45) is 0.275. The Labute approximate surface area is 105 Å². The van der Waals surface area contributed by atoms with Crippen LogP contribution in [-0.4, -0.2) is 34.9 Å². The minimum absolute atomic E-state index is 0.117. The van der Waals surface area contributed by atoms with Crippen LogP contribution >= 0.6 is 0 Å². The Hall–Kier alpha value is -1.46. The average molecular weight is 255 g/mol. The van der Waals surface area contributed by atoms with E-state index in [1.807, 2.05) is 0 Å². The predicted molar refractivity (Wildman–Crippen MR) is 65.4 cm³/mol. The van der Waals surface area contributed by atoms with Crippen LogP contribution in [-0.2, 0) is 11.2 Å². The van der Waals surface area contributed by atoms with Crippen molar-refractivity contribution in [2.24, 2.45) is 0 Å². The second-order valence-corrected chi connectivity index (χ2v) is 4.27. The minimum Gasteiger partial charge on any atom is -0.394 e. The Bertz CT molecular complexity index is 397. The number of hydrogen-bond donors (Lipinski definition) is 3. The van der Waals surface area contributed by atoms with Gasteiger partial charge in [-0.15, -0.1) is 0 Å². The molecule has 18 heavy (non-hydrogen) atoms. The molecule has 1 aromatic carbocycles. The SMILES string of the molecule is CCC(CO)(CO)NC(=O)Cc1ccccc1F. The molecule has 0 aliphatic heterocycles. The van der Waals surface area contributed by atoms with E-state index < -0.39 is 17.3 Å². The van der Waals surface area contributed by atoms with E-state index in [4.69, 9.17) is 0 Å². The standard InChI is InChI=1S/C13H18FNO3/c1-2-13(8-16,9-17)15-12(18)7-10-5-3-4-6-11(10)14/h3-6,16-17H,2,7-9H2,1H3,(H,15,18). The van der Waals surface area contributed by atoms with Crippen LogP contribution in [0.2, 0.25) is 0 Å². The van der Waals surface area contributed by atoms with Crippen molar-refractivity contribution < 1.29 is 19.4 Å². The molecule has 5 heteroatoms. The zero-order valence-corrected chi connectivity index (χ0v) is 10.3. The first kappa shape index (κ1) is 14.6. The molecule has 4 nitrogen and oxygen atoms in total. The number of hydrogen-bond acceptors (Lipinski definition) is 3. The van der Waals surface area contributed by atoms with Crippen molar-refractivity contribution in [1.82, 2.24) is 5.32 Å². The van der Waals surface area contributed by atoms with E-state index in [1.165, 1.54) is 12.1 Å². The molecule has 0 saturated heterocycles. The molecule has 3 N–H and O–H groups in total. The van der Waals surface area contributed by atoms with Gasteiger partial charge < -0.3 is 15.5 Å². The fraction of sp³-hybridized carbons (Fsp3) is 0.462. The molecule has 0 unspecified atom stereocenters. The summed E-state index contributed by atoms with van der Waals surface area (Å²) in [5.41, 5.74) is -0.751. The molecule has 0 heterocycles. The van der Waals surface area contributed by atoms with Crippen molar-refractivity contribution in [3.05, 3.63) is 35.6 Å². The van der Waals surface area contributed by atoms with Crippen molar-refractivity contribution in [2.75, 3.05) is 13.2 Å². The molecule has 0 aromatic heterocycles. The van der Waals surface area contributed by atoms with Crippen molar-refractivity contribution in [3.8, 4) is 0 Å². The van der Waals surface area contributed by atoms with E-state index in [0.29, 0.717) is 6.42 Å².